The van der Waals surface area contributed by atoms with Crippen LogP contribution >= 0.6 is 0 Å². The zero-order valence-electron chi connectivity index (χ0n) is 12.7. The molecule has 0 unspecified atom stereocenters. The van der Waals surface area contributed by atoms with Gasteiger partial charge in [-0.2, -0.15) is 5.10 Å². The van der Waals surface area contributed by atoms with E-state index in [1.807, 2.05) is 24.3 Å². The minimum atomic E-state index is -0.136. The van der Waals surface area contributed by atoms with Gasteiger partial charge in [0.1, 0.15) is 5.75 Å². The predicted octanol–water partition coefficient (Wildman–Crippen LogP) is 2.79. The molecular weight excluding hydrogens is 266 g/mol. The van der Waals surface area contributed by atoms with Gasteiger partial charge >= 0.3 is 0 Å². The monoisotopic (exact) mass is 289 g/mol. The molecule has 1 saturated carbocycles. The zero-order chi connectivity index (χ0) is 15.1. The Bertz CT molecular complexity index is 514. The summed E-state index contributed by atoms with van der Waals surface area (Å²) < 4.78 is 5.14. The molecular formula is C16H23N3O2. The average Bonchev–Trinajstić information content (AvgIpc) is 2.51. The van der Waals surface area contributed by atoms with Crippen LogP contribution in [0, 0.1) is 5.92 Å². The van der Waals surface area contributed by atoms with Crippen molar-refractivity contribution in [2.75, 3.05) is 19.0 Å². The van der Waals surface area contributed by atoms with E-state index >= 15 is 0 Å². The number of hydrazone groups is 1. The SMILES string of the molecule is COc1cccc(NCC(=O)N/N=C2/CCC[C@@H](C)C2)c1. The normalized spacial score (nSPS) is 20.1. The van der Waals surface area contributed by atoms with Crippen molar-refractivity contribution < 1.29 is 9.53 Å². The van der Waals surface area contributed by atoms with Crippen LogP contribution in [0.25, 0.3) is 0 Å². The maximum absolute atomic E-state index is 11.8. The van der Waals surface area contributed by atoms with E-state index in [0.717, 1.165) is 36.4 Å². The Morgan fingerprint density at radius 2 is 2.33 bits per heavy atom. The second kappa shape index (κ2) is 7.67. The number of carbonyl (C=O) groups excluding carboxylic acids is 1. The largest absolute Gasteiger partial charge is 0.497 e. The van der Waals surface area contributed by atoms with Crippen molar-refractivity contribution in [3.05, 3.63) is 24.3 Å². The summed E-state index contributed by atoms with van der Waals surface area (Å²) in [4.78, 5) is 11.8. The molecule has 0 aromatic heterocycles. The molecule has 0 heterocycles. The summed E-state index contributed by atoms with van der Waals surface area (Å²) >= 11 is 0. The number of nitrogens with zero attached hydrogens (tertiary/aromatic N) is 1. The number of methoxy groups -OCH3 is 1. The Labute approximate surface area is 125 Å². The van der Waals surface area contributed by atoms with E-state index in [4.69, 9.17) is 4.74 Å². The Morgan fingerprint density at radius 1 is 1.48 bits per heavy atom. The van der Waals surface area contributed by atoms with Gasteiger partial charge in [0, 0.05) is 17.5 Å². The van der Waals surface area contributed by atoms with Crippen molar-refractivity contribution >= 4 is 17.3 Å². The highest BCUT2D eigenvalue weighted by atomic mass is 16.5. The number of amides is 1. The molecule has 1 aliphatic carbocycles. The van der Waals surface area contributed by atoms with Crippen molar-refractivity contribution in [2.24, 2.45) is 11.0 Å². The number of carbonyl (C=O) groups is 1. The fraction of sp³-hybridized carbons (Fsp3) is 0.500. The highest BCUT2D eigenvalue weighted by Gasteiger charge is 2.14. The predicted molar refractivity (Wildman–Crippen MR) is 84.7 cm³/mol. The molecule has 21 heavy (non-hydrogen) atoms. The number of ether oxygens (including phenoxy) is 1. The van der Waals surface area contributed by atoms with Crippen LogP contribution in [0.15, 0.2) is 29.4 Å². The maximum atomic E-state index is 11.8. The molecule has 0 spiro atoms. The molecule has 0 saturated heterocycles. The van der Waals surface area contributed by atoms with Gasteiger partial charge in [0.25, 0.3) is 5.91 Å². The average molecular weight is 289 g/mol. The van der Waals surface area contributed by atoms with E-state index in [1.54, 1.807) is 7.11 Å². The Kier molecular flexibility index (Phi) is 5.60. The van der Waals surface area contributed by atoms with Gasteiger partial charge < -0.3 is 10.1 Å². The maximum Gasteiger partial charge on any atom is 0.259 e. The van der Waals surface area contributed by atoms with Crippen molar-refractivity contribution in [3.63, 3.8) is 0 Å². The van der Waals surface area contributed by atoms with Gasteiger partial charge in [0.15, 0.2) is 0 Å². The van der Waals surface area contributed by atoms with E-state index in [9.17, 15) is 4.79 Å². The van der Waals surface area contributed by atoms with Gasteiger partial charge in [-0.1, -0.05) is 13.0 Å². The van der Waals surface area contributed by atoms with E-state index in [2.05, 4.69) is 22.8 Å². The van der Waals surface area contributed by atoms with Crippen LogP contribution in [-0.4, -0.2) is 25.3 Å². The summed E-state index contributed by atoms with van der Waals surface area (Å²) in [6.45, 7) is 2.42. The summed E-state index contributed by atoms with van der Waals surface area (Å²) in [7, 11) is 1.62. The third-order valence-electron chi connectivity index (χ3n) is 3.61. The lowest BCUT2D eigenvalue weighted by molar-refractivity contribution is -0.119. The molecule has 0 radical (unpaired) electrons. The van der Waals surface area contributed by atoms with E-state index in [1.165, 1.54) is 6.42 Å². The van der Waals surface area contributed by atoms with Gasteiger partial charge in [-0.05, 0) is 43.7 Å². The second-order valence-electron chi connectivity index (χ2n) is 5.50. The number of rotatable bonds is 5. The Balaban J connectivity index is 1.78. The van der Waals surface area contributed by atoms with Crippen molar-refractivity contribution in [2.45, 2.75) is 32.6 Å². The second-order valence-corrected chi connectivity index (χ2v) is 5.50. The fourth-order valence-electron chi connectivity index (χ4n) is 2.46. The third-order valence-corrected chi connectivity index (χ3v) is 3.61. The summed E-state index contributed by atoms with van der Waals surface area (Å²) in [6.07, 6.45) is 4.40. The third kappa shape index (κ3) is 5.10. The first-order valence-corrected chi connectivity index (χ1v) is 7.39. The van der Waals surface area contributed by atoms with Gasteiger partial charge in [-0.15, -0.1) is 0 Å². The summed E-state index contributed by atoms with van der Waals surface area (Å²) in [6, 6.07) is 7.48. The summed E-state index contributed by atoms with van der Waals surface area (Å²) in [5.41, 5.74) is 4.58. The lowest BCUT2D eigenvalue weighted by Gasteiger charge is -2.19. The molecule has 2 N–H and O–H groups in total. The number of benzene rings is 1. The molecule has 1 amide bonds. The van der Waals surface area contributed by atoms with Crippen molar-refractivity contribution in [1.29, 1.82) is 0 Å². The quantitative estimate of drug-likeness (QED) is 0.819. The molecule has 5 heteroatoms. The molecule has 1 atom stereocenters. The van der Waals surface area contributed by atoms with Crippen LogP contribution in [0.4, 0.5) is 5.69 Å². The molecule has 1 fully saturated rings. The van der Waals surface area contributed by atoms with E-state index in [-0.39, 0.29) is 12.5 Å². The van der Waals surface area contributed by atoms with Gasteiger partial charge in [-0.25, -0.2) is 5.43 Å². The van der Waals surface area contributed by atoms with E-state index < -0.39 is 0 Å². The van der Waals surface area contributed by atoms with Gasteiger partial charge in [-0.3, -0.25) is 4.79 Å². The van der Waals surface area contributed by atoms with Crippen LogP contribution in [0.3, 0.4) is 0 Å². The van der Waals surface area contributed by atoms with Crippen LogP contribution in [0.2, 0.25) is 0 Å². The summed E-state index contributed by atoms with van der Waals surface area (Å²) in [5.74, 6) is 1.30. The molecule has 0 aliphatic heterocycles. The lowest BCUT2D eigenvalue weighted by Crippen LogP contribution is -2.27. The number of hydrogen-bond acceptors (Lipinski definition) is 4. The number of hydrogen-bond donors (Lipinski definition) is 2. The highest BCUT2D eigenvalue weighted by molar-refractivity contribution is 5.87. The molecule has 0 bridgehead atoms. The van der Waals surface area contributed by atoms with Crippen molar-refractivity contribution in [3.8, 4) is 5.75 Å². The molecule has 1 aliphatic rings. The van der Waals surface area contributed by atoms with Crippen LogP contribution in [0.1, 0.15) is 32.6 Å². The smallest absolute Gasteiger partial charge is 0.259 e. The minimum absolute atomic E-state index is 0.136. The zero-order valence-corrected chi connectivity index (χ0v) is 12.7. The van der Waals surface area contributed by atoms with Gasteiger partial charge in [0.05, 0.1) is 13.7 Å². The number of nitrogens with one attached hydrogen (secondary N) is 2. The fourth-order valence-corrected chi connectivity index (χ4v) is 2.46. The highest BCUT2D eigenvalue weighted by Crippen LogP contribution is 2.21. The van der Waals surface area contributed by atoms with Gasteiger partial charge in [0.2, 0.25) is 0 Å². The molecule has 114 valence electrons. The topological polar surface area (TPSA) is 62.7 Å². The minimum Gasteiger partial charge on any atom is -0.497 e. The van der Waals surface area contributed by atoms with E-state index in [0.29, 0.717) is 5.92 Å². The molecule has 2 rings (SSSR count). The standard InChI is InChI=1S/C16H23N3O2/c1-12-5-3-7-14(9-12)18-19-16(20)11-17-13-6-4-8-15(10-13)21-2/h4,6,8,10,12,17H,3,5,7,9,11H2,1-2H3,(H,19,20)/b18-14-/t12-/m1/s1. The first-order valence-electron chi connectivity index (χ1n) is 7.39. The number of anilines is 1. The van der Waals surface area contributed by atoms with Crippen LogP contribution in [-0.2, 0) is 4.79 Å². The lowest BCUT2D eigenvalue weighted by atomic mass is 9.89. The van der Waals surface area contributed by atoms with Crippen molar-refractivity contribution in [1.82, 2.24) is 5.43 Å². The summed E-state index contributed by atoms with van der Waals surface area (Å²) in [5, 5.41) is 7.29. The first kappa shape index (κ1) is 15.4. The first-order chi connectivity index (χ1) is 10.2. The van der Waals surface area contributed by atoms with Crippen LogP contribution in [0.5, 0.6) is 5.75 Å². The Hall–Kier alpha value is -2.04. The molecule has 5 nitrogen and oxygen atoms in total. The molecule has 1 aromatic carbocycles. The molecule has 1 aromatic rings. The Morgan fingerprint density at radius 3 is 3.10 bits per heavy atom. The van der Waals surface area contributed by atoms with Crippen LogP contribution < -0.4 is 15.5 Å².